The average Bonchev–Trinajstić information content (AvgIpc) is 2.77. The van der Waals surface area contributed by atoms with Gasteiger partial charge in [0.1, 0.15) is 0 Å². The average molecular weight is 254 g/mol. The molecule has 1 rings (SSSR count). The molecule has 0 bridgehead atoms. The van der Waals surface area contributed by atoms with Crippen molar-refractivity contribution in [1.29, 1.82) is 0 Å². The lowest BCUT2D eigenvalue weighted by Crippen LogP contribution is -2.45. The van der Waals surface area contributed by atoms with Gasteiger partial charge in [0.05, 0.1) is 0 Å². The van der Waals surface area contributed by atoms with Gasteiger partial charge in [-0.05, 0) is 44.3 Å². The van der Waals surface area contributed by atoms with Crippen molar-refractivity contribution in [3.05, 3.63) is 22.4 Å². The molecule has 0 saturated heterocycles. The summed E-state index contributed by atoms with van der Waals surface area (Å²) in [5.41, 5.74) is 0.305. The van der Waals surface area contributed by atoms with Crippen LogP contribution in [0.2, 0.25) is 0 Å². The van der Waals surface area contributed by atoms with Gasteiger partial charge in [-0.2, -0.15) is 0 Å². The molecule has 17 heavy (non-hydrogen) atoms. The highest BCUT2D eigenvalue weighted by atomic mass is 32.1. The van der Waals surface area contributed by atoms with E-state index in [-0.39, 0.29) is 0 Å². The fraction of sp³-hybridized carbons (Fsp3) is 0.714. The highest BCUT2D eigenvalue weighted by Crippen LogP contribution is 2.21. The third kappa shape index (κ3) is 4.78. The van der Waals surface area contributed by atoms with Gasteiger partial charge in [-0.3, -0.25) is 0 Å². The van der Waals surface area contributed by atoms with E-state index >= 15 is 0 Å². The van der Waals surface area contributed by atoms with Gasteiger partial charge in [-0.1, -0.05) is 19.9 Å². The first kappa shape index (κ1) is 14.7. The topological polar surface area (TPSA) is 15.3 Å². The van der Waals surface area contributed by atoms with E-state index in [1.54, 1.807) is 0 Å². The first-order valence-corrected chi connectivity index (χ1v) is 7.22. The first-order valence-electron chi connectivity index (χ1n) is 6.34. The van der Waals surface area contributed by atoms with Crippen LogP contribution in [0.25, 0.3) is 0 Å². The molecule has 1 aromatic rings. The molecule has 0 aliphatic carbocycles. The smallest absolute Gasteiger partial charge is 0.00991 e. The molecule has 0 radical (unpaired) electrons. The fourth-order valence-corrected chi connectivity index (χ4v) is 2.76. The highest BCUT2D eigenvalue weighted by Gasteiger charge is 2.25. The van der Waals surface area contributed by atoms with Gasteiger partial charge >= 0.3 is 0 Å². The standard InChI is InChI=1S/C14H26N2S/c1-12(15-4)14(2,3)11-16(5)9-8-13-7-6-10-17-13/h6-7,10,12,15H,8-9,11H2,1-5H3. The van der Waals surface area contributed by atoms with E-state index < -0.39 is 0 Å². The van der Waals surface area contributed by atoms with Crippen molar-refractivity contribution in [3.8, 4) is 0 Å². The molecule has 0 amide bonds. The minimum Gasteiger partial charge on any atom is -0.317 e. The predicted octanol–water partition coefficient (Wildman–Crippen LogP) is 2.86. The third-order valence-corrected chi connectivity index (χ3v) is 4.54. The Morgan fingerprint density at radius 1 is 1.47 bits per heavy atom. The predicted molar refractivity (Wildman–Crippen MR) is 77.8 cm³/mol. The molecule has 1 N–H and O–H groups in total. The summed E-state index contributed by atoms with van der Waals surface area (Å²) in [5.74, 6) is 0. The number of hydrogen-bond donors (Lipinski definition) is 1. The Bertz CT molecular complexity index is 306. The van der Waals surface area contributed by atoms with Crippen LogP contribution in [0.15, 0.2) is 17.5 Å². The molecular weight excluding hydrogens is 228 g/mol. The maximum Gasteiger partial charge on any atom is 0.00991 e. The second kappa shape index (κ2) is 6.53. The minimum atomic E-state index is 0.305. The largest absolute Gasteiger partial charge is 0.317 e. The molecule has 2 nitrogen and oxygen atoms in total. The number of nitrogens with zero attached hydrogens (tertiary/aromatic N) is 1. The van der Waals surface area contributed by atoms with E-state index in [2.05, 4.69) is 55.5 Å². The molecule has 0 spiro atoms. The normalized spacial score (nSPS) is 14.2. The van der Waals surface area contributed by atoms with Crippen LogP contribution in [0.3, 0.4) is 0 Å². The van der Waals surface area contributed by atoms with Crippen molar-refractivity contribution in [3.63, 3.8) is 0 Å². The van der Waals surface area contributed by atoms with Crippen molar-refractivity contribution in [1.82, 2.24) is 10.2 Å². The Morgan fingerprint density at radius 3 is 2.71 bits per heavy atom. The summed E-state index contributed by atoms with van der Waals surface area (Å²) >= 11 is 1.85. The minimum absolute atomic E-state index is 0.305. The molecule has 0 aromatic carbocycles. The maximum atomic E-state index is 3.36. The highest BCUT2D eigenvalue weighted by molar-refractivity contribution is 7.09. The van der Waals surface area contributed by atoms with Crippen LogP contribution in [-0.2, 0) is 6.42 Å². The van der Waals surface area contributed by atoms with Gasteiger partial charge in [-0.15, -0.1) is 11.3 Å². The molecule has 98 valence electrons. The first-order chi connectivity index (χ1) is 7.95. The lowest BCUT2D eigenvalue weighted by molar-refractivity contribution is 0.170. The second-order valence-corrected chi connectivity index (χ2v) is 6.60. The molecule has 3 heteroatoms. The number of hydrogen-bond acceptors (Lipinski definition) is 3. The monoisotopic (exact) mass is 254 g/mol. The molecule has 0 aliphatic heterocycles. The van der Waals surface area contributed by atoms with E-state index in [0.29, 0.717) is 11.5 Å². The van der Waals surface area contributed by atoms with Crippen molar-refractivity contribution in [2.45, 2.75) is 33.2 Å². The molecule has 0 saturated carbocycles. The lowest BCUT2D eigenvalue weighted by atomic mass is 9.85. The Kier molecular flexibility index (Phi) is 5.63. The molecule has 0 aliphatic rings. The number of thiophene rings is 1. The summed E-state index contributed by atoms with van der Waals surface area (Å²) in [5, 5.41) is 5.51. The molecule has 1 atom stereocenters. The molecule has 1 heterocycles. The zero-order chi connectivity index (χ0) is 12.9. The summed E-state index contributed by atoms with van der Waals surface area (Å²) in [6.07, 6.45) is 1.16. The zero-order valence-corrected chi connectivity index (χ0v) is 12.6. The fourth-order valence-electron chi connectivity index (χ4n) is 2.06. The summed E-state index contributed by atoms with van der Waals surface area (Å²) in [7, 11) is 4.26. The second-order valence-electron chi connectivity index (χ2n) is 5.57. The zero-order valence-electron chi connectivity index (χ0n) is 11.8. The molecule has 0 fully saturated rings. The van der Waals surface area contributed by atoms with E-state index in [0.717, 1.165) is 19.5 Å². The summed E-state index contributed by atoms with van der Waals surface area (Å²) in [6.45, 7) is 9.18. The van der Waals surface area contributed by atoms with E-state index in [1.807, 2.05) is 18.4 Å². The van der Waals surface area contributed by atoms with Gasteiger partial charge in [0.2, 0.25) is 0 Å². The van der Waals surface area contributed by atoms with E-state index in [9.17, 15) is 0 Å². The van der Waals surface area contributed by atoms with Crippen LogP contribution in [0.5, 0.6) is 0 Å². The third-order valence-electron chi connectivity index (χ3n) is 3.60. The van der Waals surface area contributed by atoms with E-state index in [1.165, 1.54) is 4.88 Å². The Balaban J connectivity index is 2.36. The van der Waals surface area contributed by atoms with Gasteiger partial charge in [0.15, 0.2) is 0 Å². The number of likely N-dealkylation sites (N-methyl/N-ethyl adjacent to an activating group) is 1. The van der Waals surface area contributed by atoms with Gasteiger partial charge in [-0.25, -0.2) is 0 Å². The SMILES string of the molecule is CNC(C)C(C)(C)CN(C)CCc1cccs1. The van der Waals surface area contributed by atoms with Crippen LogP contribution >= 0.6 is 11.3 Å². The Morgan fingerprint density at radius 2 is 2.18 bits per heavy atom. The maximum absolute atomic E-state index is 3.36. The van der Waals surface area contributed by atoms with Crippen molar-refractivity contribution >= 4 is 11.3 Å². The quantitative estimate of drug-likeness (QED) is 0.805. The summed E-state index contributed by atoms with van der Waals surface area (Å²) < 4.78 is 0. The van der Waals surface area contributed by atoms with Gasteiger partial charge in [0, 0.05) is 24.0 Å². The Labute approximate surface area is 110 Å². The molecule has 1 aromatic heterocycles. The van der Waals surface area contributed by atoms with Crippen LogP contribution in [0.4, 0.5) is 0 Å². The number of nitrogens with one attached hydrogen (secondary N) is 1. The van der Waals surface area contributed by atoms with Crippen LogP contribution < -0.4 is 5.32 Å². The Hall–Kier alpha value is -0.380. The number of rotatable bonds is 7. The lowest BCUT2D eigenvalue weighted by Gasteiger charge is -2.35. The van der Waals surface area contributed by atoms with Gasteiger partial charge in [0.25, 0.3) is 0 Å². The van der Waals surface area contributed by atoms with Crippen LogP contribution in [-0.4, -0.2) is 38.1 Å². The van der Waals surface area contributed by atoms with Crippen LogP contribution in [0, 0.1) is 5.41 Å². The van der Waals surface area contributed by atoms with Crippen molar-refractivity contribution in [2.75, 3.05) is 27.2 Å². The molecular formula is C14H26N2S. The van der Waals surface area contributed by atoms with Crippen LogP contribution in [0.1, 0.15) is 25.6 Å². The summed E-state index contributed by atoms with van der Waals surface area (Å²) in [6, 6.07) is 4.89. The van der Waals surface area contributed by atoms with Gasteiger partial charge < -0.3 is 10.2 Å². The summed E-state index contributed by atoms with van der Waals surface area (Å²) in [4.78, 5) is 3.92. The van der Waals surface area contributed by atoms with Crippen molar-refractivity contribution < 1.29 is 0 Å². The molecule has 1 unspecified atom stereocenters. The van der Waals surface area contributed by atoms with E-state index in [4.69, 9.17) is 0 Å². The van der Waals surface area contributed by atoms with Crippen molar-refractivity contribution in [2.24, 2.45) is 5.41 Å².